The summed E-state index contributed by atoms with van der Waals surface area (Å²) in [5.41, 5.74) is 3.77. The molecule has 2 amide bonds. The highest BCUT2D eigenvalue weighted by Crippen LogP contribution is 2.24. The number of nitrogens with one attached hydrogen (secondary N) is 1. The molecule has 3 aromatic rings. The molecule has 0 atom stereocenters. The number of aryl methyl sites for hydroxylation is 1. The lowest BCUT2D eigenvalue weighted by Gasteiger charge is -2.30. The molecule has 4 rings (SSSR count). The largest absolute Gasteiger partial charge is 0.379 e. The van der Waals surface area contributed by atoms with Gasteiger partial charge in [-0.25, -0.2) is 4.98 Å². The second kappa shape index (κ2) is 12.7. The zero-order chi connectivity index (χ0) is 26.2. The number of ether oxygens (including phenoxy) is 1. The number of imidazole rings is 1. The van der Waals surface area contributed by atoms with E-state index in [1.54, 1.807) is 4.90 Å². The molecule has 8 heteroatoms. The molecule has 196 valence electrons. The van der Waals surface area contributed by atoms with Crippen LogP contribution in [-0.2, 0) is 14.3 Å². The first kappa shape index (κ1) is 26.6. The van der Waals surface area contributed by atoms with E-state index in [9.17, 15) is 9.59 Å². The minimum Gasteiger partial charge on any atom is -0.379 e. The summed E-state index contributed by atoms with van der Waals surface area (Å²) < 4.78 is 7.31. The maximum Gasteiger partial charge on any atom is 0.246 e. The molecule has 0 bridgehead atoms. The zero-order valence-corrected chi connectivity index (χ0v) is 22.0. The topological polar surface area (TPSA) is 79.7 Å². The van der Waals surface area contributed by atoms with Crippen LogP contribution in [0.1, 0.15) is 25.8 Å². The molecule has 1 aliphatic heterocycles. The highest BCUT2D eigenvalue weighted by molar-refractivity contribution is 5.94. The van der Waals surface area contributed by atoms with E-state index in [0.29, 0.717) is 32.1 Å². The molecule has 1 aliphatic rings. The molecule has 2 aromatic carbocycles. The van der Waals surface area contributed by atoms with Crippen LogP contribution in [-0.4, -0.2) is 77.1 Å². The van der Waals surface area contributed by atoms with E-state index < -0.39 is 0 Å². The summed E-state index contributed by atoms with van der Waals surface area (Å²) in [4.78, 5) is 34.9. The van der Waals surface area contributed by atoms with E-state index in [0.717, 1.165) is 42.1 Å². The van der Waals surface area contributed by atoms with Gasteiger partial charge >= 0.3 is 0 Å². The summed E-state index contributed by atoms with van der Waals surface area (Å²) in [6, 6.07) is 17.9. The van der Waals surface area contributed by atoms with E-state index in [1.165, 1.54) is 0 Å². The van der Waals surface area contributed by atoms with Crippen LogP contribution in [0.4, 0.5) is 5.95 Å². The number of rotatable bonds is 10. The zero-order valence-electron chi connectivity index (χ0n) is 22.0. The number of amides is 2. The van der Waals surface area contributed by atoms with Crippen LogP contribution in [0.15, 0.2) is 60.8 Å². The summed E-state index contributed by atoms with van der Waals surface area (Å²) in [6.07, 6.45) is 2.34. The number of anilines is 1. The average Bonchev–Trinajstić information content (AvgIpc) is 3.31. The molecule has 37 heavy (non-hydrogen) atoms. The Kier molecular flexibility index (Phi) is 9.09. The smallest absolute Gasteiger partial charge is 0.246 e. The van der Waals surface area contributed by atoms with Crippen LogP contribution in [0.3, 0.4) is 0 Å². The average molecular weight is 504 g/mol. The molecule has 1 saturated heterocycles. The van der Waals surface area contributed by atoms with Gasteiger partial charge in [0.25, 0.3) is 0 Å². The Hall–Kier alpha value is -3.49. The number of nitrogens with zero attached hydrogens (tertiary/aromatic N) is 4. The minimum atomic E-state index is -0.266. The van der Waals surface area contributed by atoms with Gasteiger partial charge in [-0.2, -0.15) is 0 Å². The Bertz CT molecular complexity index is 1170. The van der Waals surface area contributed by atoms with Crippen molar-refractivity contribution in [3.8, 4) is 16.9 Å². The van der Waals surface area contributed by atoms with Crippen molar-refractivity contribution in [3.05, 3.63) is 66.4 Å². The highest BCUT2D eigenvalue weighted by atomic mass is 16.5. The number of carbonyl (C=O) groups is 2. The molecule has 1 fully saturated rings. The molecule has 0 unspecified atom stereocenters. The van der Waals surface area contributed by atoms with Crippen LogP contribution in [0.25, 0.3) is 16.9 Å². The summed E-state index contributed by atoms with van der Waals surface area (Å²) in [5.74, 6) is 0.371. The maximum absolute atomic E-state index is 13.3. The molecule has 0 saturated carbocycles. The van der Waals surface area contributed by atoms with Crippen LogP contribution in [0.2, 0.25) is 0 Å². The van der Waals surface area contributed by atoms with Gasteiger partial charge in [0.2, 0.25) is 17.8 Å². The van der Waals surface area contributed by atoms with Crippen LogP contribution in [0.5, 0.6) is 0 Å². The van der Waals surface area contributed by atoms with Gasteiger partial charge in [-0.1, -0.05) is 61.9 Å². The van der Waals surface area contributed by atoms with E-state index >= 15 is 0 Å². The van der Waals surface area contributed by atoms with Crippen molar-refractivity contribution in [2.45, 2.75) is 27.2 Å². The van der Waals surface area contributed by atoms with E-state index in [4.69, 9.17) is 9.72 Å². The highest BCUT2D eigenvalue weighted by Gasteiger charge is 2.22. The van der Waals surface area contributed by atoms with E-state index in [1.807, 2.05) is 86.1 Å². The van der Waals surface area contributed by atoms with E-state index in [2.05, 4.69) is 10.2 Å². The van der Waals surface area contributed by atoms with Crippen molar-refractivity contribution in [1.29, 1.82) is 0 Å². The van der Waals surface area contributed by atoms with Gasteiger partial charge in [-0.05, 0) is 25.0 Å². The van der Waals surface area contributed by atoms with Gasteiger partial charge in [0, 0.05) is 50.0 Å². The lowest BCUT2D eigenvalue weighted by molar-refractivity contribution is -0.135. The normalized spacial score (nSPS) is 14.1. The van der Waals surface area contributed by atoms with Crippen molar-refractivity contribution in [2.75, 3.05) is 51.3 Å². The number of hydrogen-bond donors (Lipinski definition) is 1. The molecular formula is C29H37N5O3. The number of aromatic nitrogens is 2. The van der Waals surface area contributed by atoms with Crippen molar-refractivity contribution < 1.29 is 14.3 Å². The molecule has 2 heterocycles. The molecule has 0 radical (unpaired) electrons. The molecule has 0 spiro atoms. The Morgan fingerprint density at radius 2 is 1.76 bits per heavy atom. The fourth-order valence-corrected chi connectivity index (χ4v) is 4.31. The van der Waals surface area contributed by atoms with Gasteiger partial charge < -0.3 is 9.64 Å². The van der Waals surface area contributed by atoms with E-state index in [-0.39, 0.29) is 24.3 Å². The van der Waals surface area contributed by atoms with Gasteiger partial charge in [-0.3, -0.25) is 24.4 Å². The number of hydrogen-bond acceptors (Lipinski definition) is 5. The predicted molar refractivity (Wildman–Crippen MR) is 146 cm³/mol. The third-order valence-electron chi connectivity index (χ3n) is 6.40. The minimum absolute atomic E-state index is 0.00902. The van der Waals surface area contributed by atoms with Gasteiger partial charge in [-0.15, -0.1) is 0 Å². The maximum atomic E-state index is 13.3. The van der Waals surface area contributed by atoms with Crippen LogP contribution in [0, 0.1) is 12.8 Å². The first-order valence-corrected chi connectivity index (χ1v) is 13.0. The number of morpholine rings is 1. The van der Waals surface area contributed by atoms with Crippen molar-refractivity contribution in [3.63, 3.8) is 0 Å². The third-order valence-corrected chi connectivity index (χ3v) is 6.40. The SMILES string of the molecule is Cc1ccc(-n2cc(-c3ccccc3)nc2NC(=O)CN(CCN2CCOCC2)C(=O)CC(C)C)cc1. The number of benzene rings is 2. The Morgan fingerprint density at radius 1 is 1.05 bits per heavy atom. The van der Waals surface area contributed by atoms with Crippen molar-refractivity contribution in [2.24, 2.45) is 5.92 Å². The number of carbonyl (C=O) groups excluding carboxylic acids is 2. The van der Waals surface area contributed by atoms with Gasteiger partial charge in [0.1, 0.15) is 0 Å². The molecule has 1 N–H and O–H groups in total. The van der Waals surface area contributed by atoms with Crippen LogP contribution < -0.4 is 5.32 Å². The Morgan fingerprint density at radius 3 is 2.43 bits per heavy atom. The molecule has 8 nitrogen and oxygen atoms in total. The standard InChI is InChI=1S/C29H37N5O3/c1-22(2)19-28(36)33(14-13-32-15-17-37-18-16-32)21-27(35)31-29-30-26(24-7-5-4-6-8-24)20-34(29)25-11-9-23(3)10-12-25/h4-12,20,22H,13-19,21H2,1-3H3,(H,30,31,35). The fourth-order valence-electron chi connectivity index (χ4n) is 4.31. The monoisotopic (exact) mass is 503 g/mol. The summed E-state index contributed by atoms with van der Waals surface area (Å²) >= 11 is 0. The summed E-state index contributed by atoms with van der Waals surface area (Å²) in [5, 5.41) is 2.98. The second-order valence-corrected chi connectivity index (χ2v) is 9.94. The second-order valence-electron chi connectivity index (χ2n) is 9.94. The Balaban J connectivity index is 1.52. The molecule has 1 aromatic heterocycles. The van der Waals surface area contributed by atoms with Crippen molar-refractivity contribution in [1.82, 2.24) is 19.4 Å². The fraction of sp³-hybridized carbons (Fsp3) is 0.414. The predicted octanol–water partition coefficient (Wildman–Crippen LogP) is 3.99. The Labute approximate surface area is 219 Å². The van der Waals surface area contributed by atoms with Crippen molar-refractivity contribution >= 4 is 17.8 Å². The first-order chi connectivity index (χ1) is 17.9. The lowest BCUT2D eigenvalue weighted by Crippen LogP contribution is -2.45. The molecular weight excluding hydrogens is 466 g/mol. The summed E-state index contributed by atoms with van der Waals surface area (Å²) in [7, 11) is 0. The summed E-state index contributed by atoms with van der Waals surface area (Å²) in [6.45, 7) is 10.4. The van der Waals surface area contributed by atoms with Gasteiger partial charge in [0.05, 0.1) is 25.5 Å². The van der Waals surface area contributed by atoms with Crippen LogP contribution >= 0.6 is 0 Å². The van der Waals surface area contributed by atoms with Gasteiger partial charge in [0.15, 0.2) is 0 Å². The third kappa shape index (κ3) is 7.50. The molecule has 0 aliphatic carbocycles. The first-order valence-electron chi connectivity index (χ1n) is 13.0. The lowest BCUT2D eigenvalue weighted by atomic mass is 10.1. The quantitative estimate of drug-likeness (QED) is 0.453.